The standard InChI is InChI=1S/C19H29N3O3S/c1-2-11-20-18(21-12-8-17-7-6-14-25-17)22-13-15-26(23,24)19(16-22)9-4-3-5-10-19/h2,6-7,14H,1,3-5,8-13,15-16H2,(H,20,21). The molecule has 0 amide bonds. The fourth-order valence-corrected chi connectivity index (χ4v) is 6.13. The van der Waals surface area contributed by atoms with Crippen LogP contribution in [0.25, 0.3) is 0 Å². The summed E-state index contributed by atoms with van der Waals surface area (Å²) >= 11 is 0. The van der Waals surface area contributed by atoms with Crippen molar-refractivity contribution in [2.45, 2.75) is 43.3 Å². The van der Waals surface area contributed by atoms with Crippen LogP contribution in [0.15, 0.2) is 40.5 Å². The SMILES string of the molecule is C=CCNC(=NCCc1ccco1)N1CCS(=O)(=O)C2(CCCCC2)C1. The molecule has 144 valence electrons. The molecule has 1 aromatic rings. The van der Waals surface area contributed by atoms with Crippen LogP contribution in [-0.2, 0) is 16.3 Å². The van der Waals surface area contributed by atoms with Crippen LogP contribution in [0.3, 0.4) is 0 Å². The minimum absolute atomic E-state index is 0.208. The molecule has 2 aliphatic rings. The molecule has 0 bridgehead atoms. The van der Waals surface area contributed by atoms with E-state index in [2.05, 4.69) is 16.8 Å². The summed E-state index contributed by atoms with van der Waals surface area (Å²) in [6.45, 7) is 6.00. The molecule has 7 heteroatoms. The Balaban J connectivity index is 1.73. The minimum atomic E-state index is -3.05. The van der Waals surface area contributed by atoms with E-state index in [0.29, 0.717) is 26.2 Å². The van der Waals surface area contributed by atoms with E-state index in [-0.39, 0.29) is 5.75 Å². The minimum Gasteiger partial charge on any atom is -0.469 e. The maximum absolute atomic E-state index is 12.8. The van der Waals surface area contributed by atoms with Crippen LogP contribution in [0.5, 0.6) is 0 Å². The lowest BCUT2D eigenvalue weighted by Gasteiger charge is -2.45. The first kappa shape index (κ1) is 19.0. The normalized spacial score (nSPS) is 22.3. The van der Waals surface area contributed by atoms with Gasteiger partial charge in [-0.2, -0.15) is 0 Å². The Morgan fingerprint density at radius 2 is 2.19 bits per heavy atom. The number of rotatable bonds is 5. The van der Waals surface area contributed by atoms with E-state index < -0.39 is 14.6 Å². The molecule has 0 atom stereocenters. The lowest BCUT2D eigenvalue weighted by molar-refractivity contribution is 0.274. The number of nitrogens with zero attached hydrogens (tertiary/aromatic N) is 2. The second kappa shape index (κ2) is 8.29. The highest BCUT2D eigenvalue weighted by Crippen LogP contribution is 2.38. The van der Waals surface area contributed by atoms with Crippen molar-refractivity contribution >= 4 is 15.8 Å². The van der Waals surface area contributed by atoms with Crippen LogP contribution in [0.2, 0.25) is 0 Å². The van der Waals surface area contributed by atoms with Crippen molar-refractivity contribution in [1.29, 1.82) is 0 Å². The molecule has 3 rings (SSSR count). The third-order valence-corrected chi connectivity index (χ3v) is 8.01. The van der Waals surface area contributed by atoms with Gasteiger partial charge in [0.15, 0.2) is 15.8 Å². The predicted octanol–water partition coefficient (Wildman–Crippen LogP) is 2.39. The summed E-state index contributed by atoms with van der Waals surface area (Å²) in [5.74, 6) is 1.89. The quantitative estimate of drug-likeness (QED) is 0.483. The number of guanidine groups is 1. The molecule has 2 heterocycles. The summed E-state index contributed by atoms with van der Waals surface area (Å²) in [7, 11) is -3.05. The molecule has 0 radical (unpaired) electrons. The molecule has 2 fully saturated rings. The number of sulfone groups is 1. The first-order chi connectivity index (χ1) is 12.6. The Morgan fingerprint density at radius 1 is 1.38 bits per heavy atom. The maximum atomic E-state index is 12.8. The van der Waals surface area contributed by atoms with Gasteiger partial charge in [-0.05, 0) is 25.0 Å². The van der Waals surface area contributed by atoms with Gasteiger partial charge in [0, 0.05) is 32.6 Å². The van der Waals surface area contributed by atoms with Gasteiger partial charge in [-0.15, -0.1) is 6.58 Å². The van der Waals surface area contributed by atoms with Gasteiger partial charge < -0.3 is 14.6 Å². The van der Waals surface area contributed by atoms with Crippen molar-refractivity contribution in [3.8, 4) is 0 Å². The smallest absolute Gasteiger partial charge is 0.194 e. The largest absolute Gasteiger partial charge is 0.469 e. The Morgan fingerprint density at radius 3 is 2.88 bits per heavy atom. The molecule has 0 aromatic carbocycles. The zero-order valence-electron chi connectivity index (χ0n) is 15.3. The van der Waals surface area contributed by atoms with E-state index in [1.54, 1.807) is 12.3 Å². The van der Waals surface area contributed by atoms with Crippen molar-refractivity contribution in [3.05, 3.63) is 36.8 Å². The molecule has 26 heavy (non-hydrogen) atoms. The van der Waals surface area contributed by atoms with Crippen molar-refractivity contribution in [1.82, 2.24) is 10.2 Å². The van der Waals surface area contributed by atoms with Gasteiger partial charge in [0.05, 0.1) is 16.8 Å². The van der Waals surface area contributed by atoms with Crippen molar-refractivity contribution < 1.29 is 12.8 Å². The highest BCUT2D eigenvalue weighted by molar-refractivity contribution is 7.92. The number of hydrogen-bond donors (Lipinski definition) is 1. The monoisotopic (exact) mass is 379 g/mol. The van der Waals surface area contributed by atoms with Crippen molar-refractivity contribution in [2.75, 3.05) is 31.9 Å². The lowest BCUT2D eigenvalue weighted by Crippen LogP contribution is -2.60. The molecule has 1 saturated carbocycles. The van der Waals surface area contributed by atoms with Gasteiger partial charge in [-0.25, -0.2) is 8.42 Å². The summed E-state index contributed by atoms with van der Waals surface area (Å²) < 4.78 is 30.4. The fraction of sp³-hybridized carbons (Fsp3) is 0.632. The molecule has 6 nitrogen and oxygen atoms in total. The zero-order chi connectivity index (χ0) is 18.5. The Hall–Kier alpha value is -1.76. The summed E-state index contributed by atoms with van der Waals surface area (Å²) in [5.41, 5.74) is 0. The fourth-order valence-electron chi connectivity index (χ4n) is 3.98. The highest BCUT2D eigenvalue weighted by atomic mass is 32.2. The predicted molar refractivity (Wildman–Crippen MR) is 104 cm³/mol. The van der Waals surface area contributed by atoms with Gasteiger partial charge in [-0.1, -0.05) is 25.3 Å². The molecular formula is C19H29N3O3S. The Bertz CT molecular complexity index is 719. The first-order valence-electron chi connectivity index (χ1n) is 9.45. The van der Waals surface area contributed by atoms with Crippen LogP contribution in [0.4, 0.5) is 0 Å². The average molecular weight is 380 g/mol. The third kappa shape index (κ3) is 4.14. The van der Waals surface area contributed by atoms with E-state index >= 15 is 0 Å². The van der Waals surface area contributed by atoms with Gasteiger partial charge in [0.1, 0.15) is 5.76 Å². The van der Waals surface area contributed by atoms with Crippen molar-refractivity contribution in [3.63, 3.8) is 0 Å². The molecule has 0 unspecified atom stereocenters. The average Bonchev–Trinajstić information content (AvgIpc) is 3.15. The number of aliphatic imine (C=N–C) groups is 1. The molecule has 1 aliphatic heterocycles. The summed E-state index contributed by atoms with van der Waals surface area (Å²) in [4.78, 5) is 6.84. The molecule has 1 saturated heterocycles. The molecule has 1 N–H and O–H groups in total. The highest BCUT2D eigenvalue weighted by Gasteiger charge is 2.48. The van der Waals surface area contributed by atoms with E-state index in [1.165, 1.54) is 0 Å². The maximum Gasteiger partial charge on any atom is 0.194 e. The zero-order valence-corrected chi connectivity index (χ0v) is 16.1. The van der Waals surface area contributed by atoms with Gasteiger partial charge in [0.2, 0.25) is 0 Å². The van der Waals surface area contributed by atoms with Crippen LogP contribution < -0.4 is 5.32 Å². The summed E-state index contributed by atoms with van der Waals surface area (Å²) in [5, 5.41) is 3.30. The van der Waals surface area contributed by atoms with Crippen molar-refractivity contribution in [2.24, 2.45) is 4.99 Å². The van der Waals surface area contributed by atoms with E-state index in [1.807, 2.05) is 12.1 Å². The van der Waals surface area contributed by atoms with Crippen LogP contribution in [0.1, 0.15) is 37.9 Å². The summed E-state index contributed by atoms with van der Waals surface area (Å²) in [6.07, 6.45) is 8.85. The van der Waals surface area contributed by atoms with Gasteiger partial charge in [0.25, 0.3) is 0 Å². The first-order valence-corrected chi connectivity index (χ1v) is 11.1. The second-order valence-electron chi connectivity index (χ2n) is 7.19. The van der Waals surface area contributed by atoms with E-state index in [9.17, 15) is 8.42 Å². The van der Waals surface area contributed by atoms with Gasteiger partial charge >= 0.3 is 0 Å². The summed E-state index contributed by atoms with van der Waals surface area (Å²) in [6, 6.07) is 3.81. The van der Waals surface area contributed by atoms with Crippen LogP contribution in [0, 0.1) is 0 Å². The number of hydrogen-bond acceptors (Lipinski definition) is 4. The Kier molecular flexibility index (Phi) is 6.06. The van der Waals surface area contributed by atoms with Crippen LogP contribution >= 0.6 is 0 Å². The Labute approximate surface area is 156 Å². The number of nitrogens with one attached hydrogen (secondary N) is 1. The molecule has 1 aromatic heterocycles. The molecule has 1 aliphatic carbocycles. The van der Waals surface area contributed by atoms with Crippen LogP contribution in [-0.4, -0.2) is 56.0 Å². The topological polar surface area (TPSA) is 74.9 Å². The molecular weight excluding hydrogens is 350 g/mol. The van der Waals surface area contributed by atoms with Gasteiger partial charge in [-0.3, -0.25) is 4.99 Å². The second-order valence-corrected chi connectivity index (χ2v) is 9.69. The molecule has 1 spiro atoms. The third-order valence-electron chi connectivity index (χ3n) is 5.44. The van der Waals surface area contributed by atoms with E-state index in [0.717, 1.165) is 50.2 Å². The number of furan rings is 1. The van der Waals surface area contributed by atoms with E-state index in [4.69, 9.17) is 9.41 Å². The lowest BCUT2D eigenvalue weighted by atomic mass is 9.87.